The van der Waals surface area contributed by atoms with Crippen LogP contribution in [0.4, 0.5) is 23.2 Å². The minimum atomic E-state index is -4.70. The molecule has 0 saturated heterocycles. The van der Waals surface area contributed by atoms with E-state index in [0.29, 0.717) is 22.1 Å². The zero-order chi connectivity index (χ0) is 24.9. The van der Waals surface area contributed by atoms with Gasteiger partial charge in [-0.3, -0.25) is 10.4 Å². The summed E-state index contributed by atoms with van der Waals surface area (Å²) in [6, 6.07) is 5.87. The lowest BCUT2D eigenvalue weighted by Crippen LogP contribution is -2.16. The van der Waals surface area contributed by atoms with E-state index in [1.54, 1.807) is 6.07 Å². The number of benzene rings is 1. The molecule has 0 aliphatic carbocycles. The molecule has 0 amide bonds. The highest BCUT2D eigenvalue weighted by molar-refractivity contribution is 9.10. The Bertz CT molecular complexity index is 1280. The van der Waals surface area contributed by atoms with Crippen LogP contribution in [0.3, 0.4) is 0 Å². The molecule has 0 spiro atoms. The predicted octanol–water partition coefficient (Wildman–Crippen LogP) is 3.96. The fourth-order valence-corrected chi connectivity index (χ4v) is 3.52. The van der Waals surface area contributed by atoms with E-state index in [1.165, 1.54) is 24.4 Å². The van der Waals surface area contributed by atoms with Crippen molar-refractivity contribution in [1.29, 1.82) is 5.41 Å². The summed E-state index contributed by atoms with van der Waals surface area (Å²) < 4.78 is 52.8. The van der Waals surface area contributed by atoms with Gasteiger partial charge < -0.3 is 16.6 Å². The number of aliphatic imine (C=N–C) groups is 2. The Balaban J connectivity index is 2.01. The van der Waals surface area contributed by atoms with Crippen LogP contribution in [0, 0.1) is 11.2 Å². The molecular formula is C20H16BrF4N9. The number of hydrazone groups is 1. The molecule has 9 nitrogen and oxygen atoms in total. The number of alkyl halides is 3. The summed E-state index contributed by atoms with van der Waals surface area (Å²) in [6.07, 6.45) is -0.668. The first-order valence-corrected chi connectivity index (χ1v) is 10.1. The van der Waals surface area contributed by atoms with Gasteiger partial charge in [0, 0.05) is 40.1 Å². The highest BCUT2D eigenvalue weighted by Crippen LogP contribution is 2.35. The number of hydrogen-bond donors (Lipinski definition) is 4. The van der Waals surface area contributed by atoms with Gasteiger partial charge in [-0.15, -0.1) is 0 Å². The molecule has 6 N–H and O–H groups in total. The number of nitrogens with zero attached hydrogens (tertiary/aromatic N) is 5. The summed E-state index contributed by atoms with van der Waals surface area (Å²) >= 11 is 3.40. The van der Waals surface area contributed by atoms with Gasteiger partial charge in [-0.1, -0.05) is 12.1 Å². The summed E-state index contributed by atoms with van der Waals surface area (Å²) in [6.45, 7) is 0. The van der Waals surface area contributed by atoms with Crippen molar-refractivity contribution in [1.82, 2.24) is 15.0 Å². The molecule has 0 aliphatic heterocycles. The van der Waals surface area contributed by atoms with Gasteiger partial charge in [-0.05, 0) is 28.1 Å². The van der Waals surface area contributed by atoms with Crippen LogP contribution < -0.4 is 11.6 Å². The van der Waals surface area contributed by atoms with E-state index in [2.05, 4.69) is 46.0 Å². The van der Waals surface area contributed by atoms with Gasteiger partial charge in [0.15, 0.2) is 0 Å². The third-order valence-electron chi connectivity index (χ3n) is 4.39. The second-order valence-electron chi connectivity index (χ2n) is 6.61. The van der Waals surface area contributed by atoms with Gasteiger partial charge in [0.05, 0.1) is 23.3 Å². The molecule has 0 saturated carbocycles. The summed E-state index contributed by atoms with van der Waals surface area (Å²) in [4.78, 5) is 17.5. The lowest BCUT2D eigenvalue weighted by Gasteiger charge is -2.07. The number of amidine groups is 1. The van der Waals surface area contributed by atoms with E-state index in [4.69, 9.17) is 17.0 Å². The van der Waals surface area contributed by atoms with Gasteiger partial charge >= 0.3 is 6.18 Å². The van der Waals surface area contributed by atoms with Crippen LogP contribution in [-0.4, -0.2) is 39.1 Å². The van der Waals surface area contributed by atoms with Crippen molar-refractivity contribution in [3.05, 3.63) is 64.2 Å². The monoisotopic (exact) mass is 537 g/mol. The first-order chi connectivity index (χ1) is 16.2. The molecule has 1 aromatic carbocycles. The Morgan fingerprint density at radius 3 is 2.47 bits per heavy atom. The molecule has 176 valence electrons. The second-order valence-corrected chi connectivity index (χ2v) is 7.40. The lowest BCUT2D eigenvalue weighted by atomic mass is 10.1. The Morgan fingerprint density at radius 1 is 1.21 bits per heavy atom. The first kappa shape index (κ1) is 24.7. The van der Waals surface area contributed by atoms with Crippen molar-refractivity contribution in [2.24, 2.45) is 26.7 Å². The molecule has 3 rings (SSSR count). The van der Waals surface area contributed by atoms with Crippen LogP contribution >= 0.6 is 15.9 Å². The Kier molecular flexibility index (Phi) is 7.50. The molecule has 0 fully saturated rings. The Hall–Kier alpha value is -3.94. The normalized spacial score (nSPS) is 13.0. The van der Waals surface area contributed by atoms with E-state index < -0.39 is 17.8 Å². The number of hydrogen-bond acceptors (Lipinski definition) is 6. The van der Waals surface area contributed by atoms with Crippen LogP contribution in [-0.2, 0) is 12.6 Å². The number of aromatic amines is 1. The minimum absolute atomic E-state index is 0.0569. The fourth-order valence-electron chi connectivity index (χ4n) is 2.86. The molecule has 34 heavy (non-hydrogen) atoms. The van der Waals surface area contributed by atoms with Crippen molar-refractivity contribution in [3.8, 4) is 11.1 Å². The van der Waals surface area contributed by atoms with Crippen LogP contribution in [0.1, 0.15) is 17.2 Å². The van der Waals surface area contributed by atoms with Gasteiger partial charge in [-0.2, -0.15) is 18.3 Å². The number of halogens is 5. The number of nitrogens with one attached hydrogen (secondary N) is 2. The highest BCUT2D eigenvalue weighted by atomic mass is 79.9. The number of para-hydroxylation sites is 1. The molecule has 2 heterocycles. The lowest BCUT2D eigenvalue weighted by molar-refractivity contribution is -0.144. The minimum Gasteiger partial charge on any atom is -0.382 e. The van der Waals surface area contributed by atoms with E-state index in [1.807, 2.05) is 0 Å². The van der Waals surface area contributed by atoms with Crippen molar-refractivity contribution < 1.29 is 17.6 Å². The molecule has 0 atom stereocenters. The highest BCUT2D eigenvalue weighted by Gasteiger charge is 2.34. The molecule has 0 bridgehead atoms. The predicted molar refractivity (Wildman–Crippen MR) is 124 cm³/mol. The molecule has 0 radical (unpaired) electrons. The van der Waals surface area contributed by atoms with Crippen molar-refractivity contribution >= 4 is 45.7 Å². The van der Waals surface area contributed by atoms with Gasteiger partial charge in [0.1, 0.15) is 18.0 Å². The molecule has 2 aromatic heterocycles. The molecule has 0 aliphatic rings. The average molecular weight is 538 g/mol. The van der Waals surface area contributed by atoms with Crippen molar-refractivity contribution in [2.45, 2.75) is 12.6 Å². The zero-order valence-electron chi connectivity index (χ0n) is 17.1. The average Bonchev–Trinajstić information content (AvgIpc) is 3.13. The van der Waals surface area contributed by atoms with Crippen LogP contribution in [0.25, 0.3) is 11.1 Å². The standard InChI is InChI=1S/C20H16BrF4N9/c21-16-14(5-11(34-28)8-29-13-4-2-1-3-12(13)22)33-17(18(27)32-9-26)15(16)10-6-30-19(31-7-10)20(23,24)25/h1-4,6-9,33H,5,28H2,(H3,26,27,32). The van der Waals surface area contributed by atoms with E-state index in [0.717, 1.165) is 12.4 Å². The quantitative estimate of drug-likeness (QED) is 0.118. The maximum atomic E-state index is 13.8. The summed E-state index contributed by atoms with van der Waals surface area (Å²) in [5.41, 5.74) is 7.45. The first-order valence-electron chi connectivity index (χ1n) is 9.33. The molecule has 14 heteroatoms. The van der Waals surface area contributed by atoms with Crippen molar-refractivity contribution in [3.63, 3.8) is 0 Å². The smallest absolute Gasteiger partial charge is 0.382 e. The fraction of sp³-hybridized carbons (Fsp3) is 0.100. The molecule has 0 unspecified atom stereocenters. The van der Waals surface area contributed by atoms with E-state index >= 15 is 0 Å². The number of rotatable bonds is 7. The third kappa shape index (κ3) is 5.51. The summed E-state index contributed by atoms with van der Waals surface area (Å²) in [5, 5.41) is 10.8. The van der Waals surface area contributed by atoms with Gasteiger partial charge in [0.2, 0.25) is 5.82 Å². The SMILES string of the molecule is N=CN=C(N)c1[nH]c(CC(C=Nc2ccccc2F)=NN)c(Br)c1-c1cnc(C(F)(F)F)nc1. The summed E-state index contributed by atoms with van der Waals surface area (Å²) in [7, 11) is 0. The van der Waals surface area contributed by atoms with Crippen LogP contribution in [0.5, 0.6) is 0 Å². The summed E-state index contributed by atoms with van der Waals surface area (Å²) in [5.74, 6) is 3.53. The number of aromatic nitrogens is 3. The van der Waals surface area contributed by atoms with Gasteiger partial charge in [0.25, 0.3) is 0 Å². The van der Waals surface area contributed by atoms with Gasteiger partial charge in [-0.25, -0.2) is 19.4 Å². The Labute approximate surface area is 198 Å². The number of H-pyrrole nitrogens is 1. The van der Waals surface area contributed by atoms with E-state index in [9.17, 15) is 17.6 Å². The molecule has 3 aromatic rings. The second kappa shape index (κ2) is 10.3. The number of nitrogens with two attached hydrogens (primary N) is 2. The topological polar surface area (TPSA) is 155 Å². The third-order valence-corrected chi connectivity index (χ3v) is 5.27. The largest absolute Gasteiger partial charge is 0.451 e. The Morgan fingerprint density at radius 2 is 1.88 bits per heavy atom. The molecular weight excluding hydrogens is 522 g/mol. The van der Waals surface area contributed by atoms with Crippen LogP contribution in [0.15, 0.2) is 56.2 Å². The maximum absolute atomic E-state index is 13.8. The van der Waals surface area contributed by atoms with Crippen LogP contribution in [0.2, 0.25) is 0 Å². The van der Waals surface area contributed by atoms with E-state index in [-0.39, 0.29) is 34.9 Å². The van der Waals surface area contributed by atoms with Crippen molar-refractivity contribution in [2.75, 3.05) is 0 Å². The maximum Gasteiger partial charge on any atom is 0.451 e. The zero-order valence-corrected chi connectivity index (χ0v) is 18.7.